The number of H-pyrrole nitrogens is 1. The minimum absolute atomic E-state index is 0.141. The van der Waals surface area contributed by atoms with E-state index in [1.54, 1.807) is 12.1 Å². The highest BCUT2D eigenvalue weighted by atomic mass is 19.1. The van der Waals surface area contributed by atoms with Crippen LogP contribution < -0.4 is 16.1 Å². The highest BCUT2D eigenvalue weighted by Crippen LogP contribution is 2.10. The predicted molar refractivity (Wildman–Crippen MR) is 81.9 cm³/mol. The molecule has 0 amide bonds. The molecule has 0 radical (unpaired) electrons. The first-order valence-electron chi connectivity index (χ1n) is 7.48. The number of rotatable bonds is 5. The van der Waals surface area contributed by atoms with Crippen molar-refractivity contribution in [2.45, 2.75) is 31.8 Å². The zero-order chi connectivity index (χ0) is 14.7. The lowest BCUT2D eigenvalue weighted by molar-refractivity contribution is 0.522. The Labute approximate surface area is 122 Å². The number of fused-ring (bicyclic) bond motifs is 1. The summed E-state index contributed by atoms with van der Waals surface area (Å²) in [4.78, 5) is 15.1. The smallest absolute Gasteiger partial charge is 0.189 e. The zero-order valence-corrected chi connectivity index (χ0v) is 11.9. The van der Waals surface area contributed by atoms with Crippen LogP contribution in [0.1, 0.15) is 25.0 Å². The van der Waals surface area contributed by atoms with Gasteiger partial charge in [0, 0.05) is 35.2 Å². The highest BCUT2D eigenvalue weighted by Gasteiger charge is 2.12. The third-order valence-corrected chi connectivity index (χ3v) is 4.00. The molecular formula is C16H20FN3O. The van der Waals surface area contributed by atoms with Gasteiger partial charge in [0.1, 0.15) is 5.82 Å². The van der Waals surface area contributed by atoms with E-state index in [9.17, 15) is 9.18 Å². The number of hydrogen-bond acceptors (Lipinski definition) is 3. The largest absolute Gasteiger partial charge is 0.357 e. The normalized spacial score (nSPS) is 18.4. The molecule has 2 aromatic rings. The minimum atomic E-state index is -0.386. The average molecular weight is 289 g/mol. The van der Waals surface area contributed by atoms with E-state index in [2.05, 4.69) is 15.6 Å². The summed E-state index contributed by atoms with van der Waals surface area (Å²) in [5.74, 6) is -0.386. The topological polar surface area (TPSA) is 56.9 Å². The van der Waals surface area contributed by atoms with Gasteiger partial charge in [-0.05, 0) is 50.6 Å². The van der Waals surface area contributed by atoms with Crippen molar-refractivity contribution >= 4 is 10.9 Å². The van der Waals surface area contributed by atoms with E-state index in [0.29, 0.717) is 23.5 Å². The molecule has 0 unspecified atom stereocenters. The maximum absolute atomic E-state index is 13.1. The number of aromatic nitrogens is 1. The summed E-state index contributed by atoms with van der Waals surface area (Å²) < 4.78 is 13.1. The molecule has 5 heteroatoms. The first-order chi connectivity index (χ1) is 10.2. The third-order valence-electron chi connectivity index (χ3n) is 4.00. The Morgan fingerprint density at radius 3 is 3.05 bits per heavy atom. The van der Waals surface area contributed by atoms with Crippen LogP contribution >= 0.6 is 0 Å². The predicted octanol–water partition coefficient (Wildman–Crippen LogP) is 1.90. The molecule has 0 bridgehead atoms. The van der Waals surface area contributed by atoms with Crippen molar-refractivity contribution in [3.63, 3.8) is 0 Å². The second kappa shape index (κ2) is 6.37. The van der Waals surface area contributed by atoms with E-state index in [4.69, 9.17) is 0 Å². The maximum Gasteiger partial charge on any atom is 0.189 e. The maximum atomic E-state index is 13.1. The van der Waals surface area contributed by atoms with Crippen LogP contribution in [0.3, 0.4) is 0 Å². The van der Waals surface area contributed by atoms with Gasteiger partial charge in [-0.15, -0.1) is 0 Å². The van der Waals surface area contributed by atoms with Gasteiger partial charge in [0.2, 0.25) is 0 Å². The van der Waals surface area contributed by atoms with Crippen molar-refractivity contribution < 1.29 is 4.39 Å². The number of hydrogen-bond donors (Lipinski definition) is 3. The van der Waals surface area contributed by atoms with Crippen LogP contribution in [0.2, 0.25) is 0 Å². The molecule has 0 aliphatic carbocycles. The van der Waals surface area contributed by atoms with E-state index in [0.717, 1.165) is 25.2 Å². The van der Waals surface area contributed by atoms with E-state index >= 15 is 0 Å². The lowest BCUT2D eigenvalue weighted by Crippen LogP contribution is -2.27. The van der Waals surface area contributed by atoms with Gasteiger partial charge in [-0.2, -0.15) is 0 Å². The molecule has 1 aromatic carbocycles. The summed E-state index contributed by atoms with van der Waals surface area (Å²) >= 11 is 0. The van der Waals surface area contributed by atoms with Crippen molar-refractivity contribution in [3.8, 4) is 0 Å². The van der Waals surface area contributed by atoms with Crippen LogP contribution in [-0.2, 0) is 6.54 Å². The second-order valence-corrected chi connectivity index (χ2v) is 5.61. The first-order valence-corrected chi connectivity index (χ1v) is 7.48. The van der Waals surface area contributed by atoms with E-state index in [1.807, 2.05) is 0 Å². The molecule has 3 N–H and O–H groups in total. The Hall–Kier alpha value is -1.72. The number of halogens is 1. The molecule has 112 valence electrons. The molecule has 1 aromatic heterocycles. The van der Waals surface area contributed by atoms with E-state index in [1.165, 1.54) is 25.0 Å². The molecule has 1 aliphatic heterocycles. The molecular weight excluding hydrogens is 269 g/mol. The summed E-state index contributed by atoms with van der Waals surface area (Å²) in [6.45, 7) is 2.66. The van der Waals surface area contributed by atoms with Gasteiger partial charge in [0.05, 0.1) is 0 Å². The number of benzene rings is 1. The molecule has 1 saturated heterocycles. The van der Waals surface area contributed by atoms with Gasteiger partial charge in [-0.3, -0.25) is 4.79 Å². The van der Waals surface area contributed by atoms with Gasteiger partial charge in [0.15, 0.2) is 5.43 Å². The zero-order valence-electron chi connectivity index (χ0n) is 11.9. The average Bonchev–Trinajstić information content (AvgIpc) is 2.98. The fourth-order valence-corrected chi connectivity index (χ4v) is 2.87. The van der Waals surface area contributed by atoms with Crippen molar-refractivity contribution in [2.75, 3.05) is 13.1 Å². The molecule has 1 fully saturated rings. The molecule has 0 spiro atoms. The molecule has 0 saturated carbocycles. The Kier molecular flexibility index (Phi) is 4.31. The molecule has 21 heavy (non-hydrogen) atoms. The van der Waals surface area contributed by atoms with Gasteiger partial charge in [-0.1, -0.05) is 0 Å². The molecule has 1 atom stereocenters. The fourth-order valence-electron chi connectivity index (χ4n) is 2.87. The lowest BCUT2D eigenvalue weighted by Gasteiger charge is -2.11. The standard InChI is InChI=1S/C16H20FN3O/c17-11-3-4-15-14(8-11)16(21)9-13(20-15)10-18-7-5-12-2-1-6-19-12/h3-4,8-9,12,18-19H,1-2,5-7,10H2,(H,20,21)/t12-/m1/s1. The summed E-state index contributed by atoms with van der Waals surface area (Å²) in [6.07, 6.45) is 3.61. The lowest BCUT2D eigenvalue weighted by atomic mass is 10.1. The van der Waals surface area contributed by atoms with Crippen LogP contribution in [0.5, 0.6) is 0 Å². The molecule has 1 aliphatic rings. The minimum Gasteiger partial charge on any atom is -0.357 e. The molecule has 3 rings (SSSR count). The summed E-state index contributed by atoms with van der Waals surface area (Å²) in [7, 11) is 0. The monoisotopic (exact) mass is 289 g/mol. The van der Waals surface area contributed by atoms with E-state index < -0.39 is 0 Å². The highest BCUT2D eigenvalue weighted by molar-refractivity contribution is 5.78. The van der Waals surface area contributed by atoms with Crippen molar-refractivity contribution in [2.24, 2.45) is 0 Å². The Balaban J connectivity index is 1.61. The Morgan fingerprint density at radius 1 is 1.33 bits per heavy atom. The van der Waals surface area contributed by atoms with Crippen LogP contribution in [0, 0.1) is 5.82 Å². The number of nitrogens with one attached hydrogen (secondary N) is 3. The van der Waals surface area contributed by atoms with Crippen LogP contribution in [0.25, 0.3) is 10.9 Å². The molecule has 4 nitrogen and oxygen atoms in total. The van der Waals surface area contributed by atoms with Crippen molar-refractivity contribution in [3.05, 3.63) is 46.0 Å². The SMILES string of the molecule is O=c1cc(CNCC[C@H]2CCCN2)[nH]c2ccc(F)cc12. The van der Waals surface area contributed by atoms with Crippen LogP contribution in [0.4, 0.5) is 4.39 Å². The number of aromatic amines is 1. The quantitative estimate of drug-likeness (QED) is 0.737. The summed E-state index contributed by atoms with van der Waals surface area (Å²) in [5, 5.41) is 7.21. The van der Waals surface area contributed by atoms with Gasteiger partial charge >= 0.3 is 0 Å². The van der Waals surface area contributed by atoms with Crippen LogP contribution in [0.15, 0.2) is 29.1 Å². The molecule has 2 heterocycles. The third kappa shape index (κ3) is 3.49. The second-order valence-electron chi connectivity index (χ2n) is 5.61. The van der Waals surface area contributed by atoms with Gasteiger partial charge < -0.3 is 15.6 Å². The Morgan fingerprint density at radius 2 is 2.24 bits per heavy atom. The van der Waals surface area contributed by atoms with Crippen LogP contribution in [-0.4, -0.2) is 24.1 Å². The van der Waals surface area contributed by atoms with Crippen molar-refractivity contribution in [1.82, 2.24) is 15.6 Å². The summed E-state index contributed by atoms with van der Waals surface area (Å²) in [6, 6.07) is 6.41. The van der Waals surface area contributed by atoms with Gasteiger partial charge in [-0.25, -0.2) is 4.39 Å². The van der Waals surface area contributed by atoms with Gasteiger partial charge in [0.25, 0.3) is 0 Å². The Bertz CT molecular complexity index is 677. The van der Waals surface area contributed by atoms with Crippen molar-refractivity contribution in [1.29, 1.82) is 0 Å². The number of pyridine rings is 1. The summed E-state index contributed by atoms with van der Waals surface area (Å²) in [5.41, 5.74) is 1.37. The fraction of sp³-hybridized carbons (Fsp3) is 0.438. The first kappa shape index (κ1) is 14.2. The van der Waals surface area contributed by atoms with E-state index in [-0.39, 0.29) is 11.2 Å².